The minimum Gasteiger partial charge on any atom is -0.453 e. The van der Waals surface area contributed by atoms with E-state index >= 15 is 0 Å². The minimum absolute atomic E-state index is 0.429. The van der Waals surface area contributed by atoms with Gasteiger partial charge >= 0.3 is 15.1 Å². The monoisotopic (exact) mass is 264 g/mol. The summed E-state index contributed by atoms with van der Waals surface area (Å²) in [5.41, 5.74) is 0. The zero-order valence-corrected chi connectivity index (χ0v) is 10.6. The molecule has 0 aliphatic heterocycles. The highest BCUT2D eigenvalue weighted by atomic mass is 35.5. The van der Waals surface area contributed by atoms with Crippen molar-refractivity contribution in [2.45, 2.75) is 0 Å². The molecule has 0 aliphatic carbocycles. The third-order valence-electron chi connectivity index (χ3n) is 0.993. The molecule has 0 bridgehead atoms. The van der Waals surface area contributed by atoms with Gasteiger partial charge in [0.15, 0.2) is 0 Å². The Hall–Kier alpha value is 1.28. The van der Waals surface area contributed by atoms with Crippen molar-refractivity contribution in [3.8, 4) is 0 Å². The van der Waals surface area contributed by atoms with E-state index in [1.54, 1.807) is 0 Å². The molecular formula is C6H12AlCl3O3. The van der Waals surface area contributed by atoms with Gasteiger partial charge in [-0.2, -0.15) is 0 Å². The van der Waals surface area contributed by atoms with E-state index in [0.717, 1.165) is 0 Å². The molecule has 7 heteroatoms. The lowest BCUT2D eigenvalue weighted by atomic mass is 10.9. The van der Waals surface area contributed by atoms with E-state index < -0.39 is 15.1 Å². The molecule has 0 rings (SSSR count). The molecular weight excluding hydrogens is 253 g/mol. The third-order valence-corrected chi connectivity index (χ3v) is 2.98. The van der Waals surface area contributed by atoms with E-state index in [1.165, 1.54) is 0 Å². The van der Waals surface area contributed by atoms with Crippen LogP contribution in [0.5, 0.6) is 0 Å². The van der Waals surface area contributed by atoms with Crippen molar-refractivity contribution < 1.29 is 11.4 Å². The third kappa shape index (κ3) is 9.58. The Labute approximate surface area is 98.6 Å². The quantitative estimate of drug-likeness (QED) is 0.469. The Morgan fingerprint density at radius 2 is 1.00 bits per heavy atom. The molecule has 0 spiro atoms. The molecule has 0 aliphatic rings. The fourth-order valence-corrected chi connectivity index (χ4v) is 2.50. The Morgan fingerprint density at radius 3 is 1.23 bits per heavy atom. The van der Waals surface area contributed by atoms with Crippen molar-refractivity contribution in [1.82, 2.24) is 0 Å². The van der Waals surface area contributed by atoms with Crippen LogP contribution in [0.3, 0.4) is 0 Å². The topological polar surface area (TPSA) is 27.7 Å². The fraction of sp³-hybridized carbons (Fsp3) is 1.00. The van der Waals surface area contributed by atoms with Gasteiger partial charge in [0.1, 0.15) is 0 Å². The maximum Gasteiger partial charge on any atom is 0.905 e. The maximum absolute atomic E-state index is 5.45. The fourth-order valence-electron chi connectivity index (χ4n) is 0.567. The lowest BCUT2D eigenvalue weighted by Crippen LogP contribution is -2.29. The molecule has 0 N–H and O–H groups in total. The number of rotatable bonds is 9. The molecule has 0 amide bonds. The van der Waals surface area contributed by atoms with Crippen LogP contribution in [0.15, 0.2) is 0 Å². The van der Waals surface area contributed by atoms with Gasteiger partial charge in [-0.3, -0.25) is 0 Å². The largest absolute Gasteiger partial charge is 0.905 e. The summed E-state index contributed by atoms with van der Waals surface area (Å²) < 4.78 is 15.7. The molecule has 3 nitrogen and oxygen atoms in total. The highest BCUT2D eigenvalue weighted by Gasteiger charge is 2.30. The van der Waals surface area contributed by atoms with Crippen molar-refractivity contribution in [1.29, 1.82) is 0 Å². The highest BCUT2D eigenvalue weighted by Crippen LogP contribution is 1.95. The first kappa shape index (κ1) is 14.3. The lowest BCUT2D eigenvalue weighted by Gasteiger charge is -2.10. The summed E-state index contributed by atoms with van der Waals surface area (Å²) in [6, 6.07) is 0. The average molecular weight is 265 g/mol. The number of hydrogen-bond acceptors (Lipinski definition) is 3. The van der Waals surface area contributed by atoms with Gasteiger partial charge < -0.3 is 11.4 Å². The molecule has 0 radical (unpaired) electrons. The van der Waals surface area contributed by atoms with Gasteiger partial charge in [0, 0.05) is 37.5 Å². The van der Waals surface area contributed by atoms with E-state index in [1.807, 2.05) is 0 Å². The van der Waals surface area contributed by atoms with Crippen molar-refractivity contribution >= 4 is 50.0 Å². The molecule has 0 heterocycles. The summed E-state index contributed by atoms with van der Waals surface area (Å²) in [5, 5.41) is 0. The van der Waals surface area contributed by atoms with Crippen LogP contribution in [-0.2, 0) is 11.4 Å². The minimum atomic E-state index is -2.04. The standard InChI is InChI=1S/3C2H4ClO.Al/c3*3-1-2-4;/h3*1-2H2;/q3*-1;+3. The summed E-state index contributed by atoms with van der Waals surface area (Å²) in [6.07, 6.45) is 0. The number of hydrogen-bond donors (Lipinski definition) is 0. The molecule has 0 aromatic rings. The Bertz CT molecular complexity index is 90.1. The van der Waals surface area contributed by atoms with E-state index in [4.69, 9.17) is 46.2 Å². The van der Waals surface area contributed by atoms with Crippen molar-refractivity contribution in [3.05, 3.63) is 0 Å². The molecule has 0 saturated heterocycles. The van der Waals surface area contributed by atoms with Gasteiger partial charge in [0.25, 0.3) is 0 Å². The van der Waals surface area contributed by atoms with Gasteiger partial charge in [0.05, 0.1) is 0 Å². The van der Waals surface area contributed by atoms with Crippen LogP contribution in [0.1, 0.15) is 0 Å². The second kappa shape index (κ2) is 11.4. The van der Waals surface area contributed by atoms with Gasteiger partial charge in [-0.25, -0.2) is 0 Å². The highest BCUT2D eigenvalue weighted by molar-refractivity contribution is 6.36. The van der Waals surface area contributed by atoms with Crippen LogP contribution in [0, 0.1) is 0 Å². The molecule has 0 saturated carbocycles. The van der Waals surface area contributed by atoms with Crippen LogP contribution < -0.4 is 0 Å². The summed E-state index contributed by atoms with van der Waals surface area (Å²) in [4.78, 5) is 0. The molecule has 13 heavy (non-hydrogen) atoms. The molecule has 0 aromatic carbocycles. The molecule has 0 aromatic heterocycles. The summed E-state index contributed by atoms with van der Waals surface area (Å²) in [5.74, 6) is 1.29. The van der Waals surface area contributed by atoms with E-state index in [0.29, 0.717) is 37.5 Å². The smallest absolute Gasteiger partial charge is 0.453 e. The Kier molecular flexibility index (Phi) is 12.5. The number of alkyl halides is 3. The molecule has 0 fully saturated rings. The normalized spacial score (nSPS) is 10.4. The maximum atomic E-state index is 5.45. The summed E-state index contributed by atoms with van der Waals surface area (Å²) >= 11 is 14.3. The van der Waals surface area contributed by atoms with E-state index in [9.17, 15) is 0 Å². The first-order valence-electron chi connectivity index (χ1n) is 3.87. The van der Waals surface area contributed by atoms with Crippen LogP contribution in [0.25, 0.3) is 0 Å². The van der Waals surface area contributed by atoms with Crippen molar-refractivity contribution in [2.75, 3.05) is 37.5 Å². The molecule has 0 unspecified atom stereocenters. The van der Waals surface area contributed by atoms with Gasteiger partial charge in [-0.1, -0.05) is 0 Å². The van der Waals surface area contributed by atoms with Crippen molar-refractivity contribution in [3.63, 3.8) is 0 Å². The molecule has 78 valence electrons. The SMILES string of the molecule is ClCC[O][Al]([O]CCCl)[O]CCCl. The average Bonchev–Trinajstić information content (AvgIpc) is 2.17. The summed E-state index contributed by atoms with van der Waals surface area (Å²) in [7, 11) is 0. The van der Waals surface area contributed by atoms with Crippen LogP contribution in [-0.4, -0.2) is 52.6 Å². The predicted octanol–water partition coefficient (Wildman–Crippen LogP) is 1.74. The lowest BCUT2D eigenvalue weighted by molar-refractivity contribution is 0.109. The zero-order chi connectivity index (χ0) is 9.94. The van der Waals surface area contributed by atoms with Gasteiger partial charge in [-0.15, -0.1) is 34.8 Å². The van der Waals surface area contributed by atoms with Crippen LogP contribution in [0.4, 0.5) is 0 Å². The summed E-state index contributed by atoms with van der Waals surface area (Å²) in [6.45, 7) is 1.30. The van der Waals surface area contributed by atoms with Crippen LogP contribution >= 0.6 is 34.8 Å². The Morgan fingerprint density at radius 1 is 0.692 bits per heavy atom. The zero-order valence-electron chi connectivity index (χ0n) is 7.18. The second-order valence-corrected chi connectivity index (χ2v) is 4.68. The van der Waals surface area contributed by atoms with E-state index in [2.05, 4.69) is 0 Å². The second-order valence-electron chi connectivity index (χ2n) is 1.97. The first-order chi connectivity index (χ1) is 6.35. The van der Waals surface area contributed by atoms with Gasteiger partial charge in [0.2, 0.25) is 0 Å². The Balaban J connectivity index is 3.47. The molecule has 0 atom stereocenters. The number of halogens is 3. The predicted molar refractivity (Wildman–Crippen MR) is 55.8 cm³/mol. The van der Waals surface area contributed by atoms with E-state index in [-0.39, 0.29) is 0 Å². The first-order valence-corrected chi connectivity index (χ1v) is 6.89. The van der Waals surface area contributed by atoms with Gasteiger partial charge in [-0.05, 0) is 0 Å². The van der Waals surface area contributed by atoms with Crippen LogP contribution in [0.2, 0.25) is 0 Å². The van der Waals surface area contributed by atoms with Crippen molar-refractivity contribution in [2.24, 2.45) is 0 Å².